The lowest BCUT2D eigenvalue weighted by Gasteiger charge is -2.04. The van der Waals surface area contributed by atoms with Gasteiger partial charge in [-0.2, -0.15) is 0 Å². The second-order valence-electron chi connectivity index (χ2n) is 3.47. The van der Waals surface area contributed by atoms with Crippen molar-refractivity contribution in [2.24, 2.45) is 0 Å². The van der Waals surface area contributed by atoms with Crippen molar-refractivity contribution in [3.05, 3.63) is 0 Å². The molecule has 1 aliphatic heterocycles. The molecule has 0 aromatic heterocycles. The summed E-state index contributed by atoms with van der Waals surface area (Å²) in [6.07, 6.45) is 2.27. The molecule has 0 radical (unpaired) electrons. The molecule has 0 N–H and O–H groups in total. The third-order valence-electron chi connectivity index (χ3n) is 2.34. The lowest BCUT2D eigenvalue weighted by molar-refractivity contribution is -0.150. The predicted molar refractivity (Wildman–Crippen MR) is 38.1 cm³/mol. The third kappa shape index (κ3) is 1.13. The monoisotopic (exact) mass is 156 g/mol. The van der Waals surface area contributed by atoms with Gasteiger partial charge in [-0.3, -0.25) is 0 Å². The maximum absolute atomic E-state index is 11.2. The van der Waals surface area contributed by atoms with Crippen LogP contribution in [0.2, 0.25) is 0 Å². The van der Waals surface area contributed by atoms with Crippen LogP contribution < -0.4 is 0 Å². The second-order valence-corrected chi connectivity index (χ2v) is 3.47. The Morgan fingerprint density at radius 3 is 2.55 bits per heavy atom. The number of carbonyl (C=O) groups is 1. The van der Waals surface area contributed by atoms with Gasteiger partial charge >= 0.3 is 5.97 Å². The molecule has 0 amide bonds. The van der Waals surface area contributed by atoms with Gasteiger partial charge in [-0.15, -0.1) is 0 Å². The summed E-state index contributed by atoms with van der Waals surface area (Å²) in [5.41, 5.74) is -0.622. The van der Waals surface area contributed by atoms with Crippen LogP contribution in [0.25, 0.3) is 0 Å². The summed E-state index contributed by atoms with van der Waals surface area (Å²) in [4.78, 5) is 11.2. The lowest BCUT2D eigenvalue weighted by atomic mass is 10.1. The number of rotatable bonds is 2. The molecule has 1 saturated carbocycles. The Labute approximate surface area is 65.7 Å². The van der Waals surface area contributed by atoms with Gasteiger partial charge in [0.25, 0.3) is 0 Å². The Kier molecular flexibility index (Phi) is 1.27. The van der Waals surface area contributed by atoms with E-state index in [9.17, 15) is 4.79 Å². The highest BCUT2D eigenvalue weighted by atomic mass is 16.7. The number of esters is 1. The highest BCUT2D eigenvalue weighted by molar-refractivity contribution is 5.83. The van der Waals surface area contributed by atoms with Crippen molar-refractivity contribution >= 4 is 5.97 Å². The van der Waals surface area contributed by atoms with Crippen molar-refractivity contribution < 1.29 is 14.3 Å². The predicted octanol–water partition coefficient (Wildman–Crippen LogP) is 0.869. The van der Waals surface area contributed by atoms with Crippen LogP contribution in [-0.2, 0) is 14.3 Å². The molecule has 0 aromatic rings. The Hall–Kier alpha value is -0.570. The van der Waals surface area contributed by atoms with Crippen LogP contribution in [0.4, 0.5) is 0 Å². The van der Waals surface area contributed by atoms with Gasteiger partial charge in [0, 0.05) is 0 Å². The minimum atomic E-state index is -0.622. The summed E-state index contributed by atoms with van der Waals surface area (Å²) in [7, 11) is 0. The largest absolute Gasteiger partial charge is 0.460 e. The number of carbonyl (C=O) groups excluding carboxylic acids is 1. The zero-order chi connectivity index (χ0) is 8.06. The fourth-order valence-corrected chi connectivity index (χ4v) is 1.00. The quantitative estimate of drug-likeness (QED) is 0.440. The molecule has 0 aromatic carbocycles. The molecular formula is C8H12O3. The molecule has 2 atom stereocenters. The number of hydrogen-bond donors (Lipinski definition) is 0. The third-order valence-corrected chi connectivity index (χ3v) is 2.34. The van der Waals surface area contributed by atoms with E-state index >= 15 is 0 Å². The molecule has 0 spiro atoms. The first kappa shape index (κ1) is 7.10. The Morgan fingerprint density at radius 2 is 2.18 bits per heavy atom. The van der Waals surface area contributed by atoms with E-state index in [1.165, 1.54) is 0 Å². The number of epoxide rings is 1. The fraction of sp³-hybridized carbons (Fsp3) is 0.875. The van der Waals surface area contributed by atoms with Crippen LogP contribution in [0.3, 0.4) is 0 Å². The summed E-state index contributed by atoms with van der Waals surface area (Å²) < 4.78 is 10.2. The SMILES string of the molecule is CC1OC1(C)C(=O)OC1CC1. The van der Waals surface area contributed by atoms with Crippen LogP contribution in [0, 0.1) is 0 Å². The molecule has 1 aliphatic carbocycles. The summed E-state index contributed by atoms with van der Waals surface area (Å²) in [6, 6.07) is 0. The highest BCUT2D eigenvalue weighted by Crippen LogP contribution is 2.38. The molecule has 2 fully saturated rings. The maximum atomic E-state index is 11.2. The molecule has 2 rings (SSSR count). The maximum Gasteiger partial charge on any atom is 0.341 e. The van der Waals surface area contributed by atoms with E-state index in [0.29, 0.717) is 0 Å². The van der Waals surface area contributed by atoms with Crippen molar-refractivity contribution in [3.8, 4) is 0 Å². The topological polar surface area (TPSA) is 38.8 Å². The van der Waals surface area contributed by atoms with Crippen LogP contribution in [-0.4, -0.2) is 23.8 Å². The molecule has 1 heterocycles. The molecule has 1 saturated heterocycles. The van der Waals surface area contributed by atoms with E-state index in [4.69, 9.17) is 9.47 Å². The summed E-state index contributed by atoms with van der Waals surface area (Å²) in [5.74, 6) is -0.187. The van der Waals surface area contributed by atoms with Gasteiger partial charge in [0.15, 0.2) is 5.60 Å². The average Bonchev–Trinajstić information content (AvgIpc) is 2.77. The summed E-state index contributed by atoms with van der Waals surface area (Å²) in [5, 5.41) is 0. The Balaban J connectivity index is 1.89. The molecule has 3 heteroatoms. The molecular weight excluding hydrogens is 144 g/mol. The van der Waals surface area contributed by atoms with Crippen molar-refractivity contribution in [1.82, 2.24) is 0 Å². The average molecular weight is 156 g/mol. The normalized spacial score (nSPS) is 41.8. The van der Waals surface area contributed by atoms with Gasteiger partial charge < -0.3 is 9.47 Å². The molecule has 11 heavy (non-hydrogen) atoms. The van der Waals surface area contributed by atoms with E-state index in [2.05, 4.69) is 0 Å². The van der Waals surface area contributed by atoms with Crippen LogP contribution >= 0.6 is 0 Å². The second kappa shape index (κ2) is 1.97. The van der Waals surface area contributed by atoms with E-state index < -0.39 is 5.60 Å². The van der Waals surface area contributed by atoms with Crippen LogP contribution in [0.1, 0.15) is 26.7 Å². The zero-order valence-electron chi connectivity index (χ0n) is 6.79. The van der Waals surface area contributed by atoms with Crippen LogP contribution in [0.5, 0.6) is 0 Å². The van der Waals surface area contributed by atoms with Gasteiger partial charge in [0.2, 0.25) is 0 Å². The van der Waals surface area contributed by atoms with Crippen molar-refractivity contribution in [1.29, 1.82) is 0 Å². The van der Waals surface area contributed by atoms with E-state index in [-0.39, 0.29) is 18.2 Å². The smallest absolute Gasteiger partial charge is 0.341 e. The minimum Gasteiger partial charge on any atom is -0.460 e. The fourth-order valence-electron chi connectivity index (χ4n) is 1.00. The molecule has 2 unspecified atom stereocenters. The van der Waals surface area contributed by atoms with Crippen molar-refractivity contribution in [3.63, 3.8) is 0 Å². The van der Waals surface area contributed by atoms with E-state index in [0.717, 1.165) is 12.8 Å². The standard InChI is InChI=1S/C8H12O3/c1-5-8(2,11-5)7(9)10-6-3-4-6/h5-6H,3-4H2,1-2H3. The molecule has 2 aliphatic rings. The number of hydrogen-bond acceptors (Lipinski definition) is 3. The Bertz CT molecular complexity index is 198. The number of ether oxygens (including phenoxy) is 2. The van der Waals surface area contributed by atoms with Crippen LogP contribution in [0.15, 0.2) is 0 Å². The molecule has 62 valence electrons. The first-order chi connectivity index (χ1) is 5.13. The minimum absolute atomic E-state index is 0.0359. The van der Waals surface area contributed by atoms with Crippen molar-refractivity contribution in [2.45, 2.75) is 44.5 Å². The van der Waals surface area contributed by atoms with E-state index in [1.54, 1.807) is 6.92 Å². The summed E-state index contributed by atoms with van der Waals surface area (Å²) >= 11 is 0. The van der Waals surface area contributed by atoms with Gasteiger partial charge in [-0.25, -0.2) is 4.79 Å². The first-order valence-electron chi connectivity index (χ1n) is 4.02. The zero-order valence-corrected chi connectivity index (χ0v) is 6.79. The molecule has 0 bridgehead atoms. The van der Waals surface area contributed by atoms with Gasteiger partial charge in [-0.05, 0) is 26.7 Å². The van der Waals surface area contributed by atoms with Gasteiger partial charge in [0.1, 0.15) is 6.10 Å². The molecule has 3 nitrogen and oxygen atoms in total. The van der Waals surface area contributed by atoms with Gasteiger partial charge in [0.05, 0.1) is 6.10 Å². The highest BCUT2D eigenvalue weighted by Gasteiger charge is 2.58. The lowest BCUT2D eigenvalue weighted by Crippen LogP contribution is -2.26. The van der Waals surface area contributed by atoms with Gasteiger partial charge in [-0.1, -0.05) is 0 Å². The first-order valence-corrected chi connectivity index (χ1v) is 4.02. The van der Waals surface area contributed by atoms with Crippen molar-refractivity contribution in [2.75, 3.05) is 0 Å². The Morgan fingerprint density at radius 1 is 1.64 bits per heavy atom. The van der Waals surface area contributed by atoms with E-state index in [1.807, 2.05) is 6.92 Å². The summed E-state index contributed by atoms with van der Waals surface area (Å²) in [6.45, 7) is 3.66.